The van der Waals surface area contributed by atoms with Crippen molar-refractivity contribution in [2.45, 2.75) is 0 Å². The quantitative estimate of drug-likeness (QED) is 0.641. The summed E-state index contributed by atoms with van der Waals surface area (Å²) in [5.74, 6) is -1.70. The Hall–Kier alpha value is -3.46. The molecule has 4 rings (SSSR count). The largest absolute Gasteiger partial charge is 0.441 e. The van der Waals surface area contributed by atoms with Gasteiger partial charge in [-0.05, 0) is 24.3 Å². The average Bonchev–Trinajstić information content (AvgIpc) is 3.16. The molecule has 0 aliphatic carbocycles. The summed E-state index contributed by atoms with van der Waals surface area (Å²) in [6, 6.07) is 7.65. The number of rotatable bonds is 3. The second kappa shape index (κ2) is 7.28. The summed E-state index contributed by atoms with van der Waals surface area (Å²) < 4.78 is 25.1. The van der Waals surface area contributed by atoms with Gasteiger partial charge in [0, 0.05) is 19.2 Å². The first-order chi connectivity index (χ1) is 13.5. The zero-order chi connectivity index (χ0) is 19.7. The van der Waals surface area contributed by atoms with E-state index in [1.54, 1.807) is 12.1 Å². The molecule has 2 aliphatic rings. The van der Waals surface area contributed by atoms with E-state index in [1.165, 1.54) is 24.3 Å². The maximum absolute atomic E-state index is 14.1. The van der Waals surface area contributed by atoms with Crippen molar-refractivity contribution < 1.29 is 27.9 Å². The van der Waals surface area contributed by atoms with Crippen LogP contribution in [0.3, 0.4) is 0 Å². The molecule has 3 heterocycles. The third-order valence-electron chi connectivity index (χ3n) is 4.42. The molecule has 9 heteroatoms. The van der Waals surface area contributed by atoms with Gasteiger partial charge < -0.3 is 14.1 Å². The molecule has 1 aromatic carbocycles. The van der Waals surface area contributed by atoms with E-state index in [-0.39, 0.29) is 17.0 Å². The number of para-hydroxylation sites is 1. The number of furan rings is 1. The zero-order valence-electron chi connectivity index (χ0n) is 14.7. The van der Waals surface area contributed by atoms with E-state index in [0.717, 1.165) is 6.07 Å². The lowest BCUT2D eigenvalue weighted by atomic mass is 10.1. The molecule has 28 heavy (non-hydrogen) atoms. The molecule has 8 nitrogen and oxygen atoms in total. The monoisotopic (exact) mass is 385 g/mol. The van der Waals surface area contributed by atoms with Gasteiger partial charge in [-0.2, -0.15) is 0 Å². The van der Waals surface area contributed by atoms with Gasteiger partial charge in [0.05, 0.1) is 18.9 Å². The maximum Gasteiger partial charge on any atom is 0.336 e. The van der Waals surface area contributed by atoms with Gasteiger partial charge in [0.2, 0.25) is 0 Å². The number of nitrogens with zero attached hydrogens (tertiary/aromatic N) is 2. The number of ether oxygens (including phenoxy) is 1. The molecular formula is C19H16FN3O5. The number of urea groups is 1. The van der Waals surface area contributed by atoms with Gasteiger partial charge in [0.1, 0.15) is 17.2 Å². The molecule has 2 saturated heterocycles. The SMILES string of the molecule is O=C1NC(=O)N(c2ccccc2F)C(=O)/C1=C/c1ccc(N2CCOCC2)o1. The molecule has 1 aromatic heterocycles. The van der Waals surface area contributed by atoms with Gasteiger partial charge in [0.25, 0.3) is 11.8 Å². The lowest BCUT2D eigenvalue weighted by Crippen LogP contribution is -2.54. The summed E-state index contributed by atoms with van der Waals surface area (Å²) in [4.78, 5) is 39.6. The lowest BCUT2D eigenvalue weighted by molar-refractivity contribution is -0.122. The first-order valence-electron chi connectivity index (χ1n) is 8.63. The molecule has 144 valence electrons. The van der Waals surface area contributed by atoms with Gasteiger partial charge in [-0.25, -0.2) is 14.1 Å². The lowest BCUT2D eigenvalue weighted by Gasteiger charge is -2.26. The van der Waals surface area contributed by atoms with Crippen LogP contribution in [0.2, 0.25) is 0 Å². The fraction of sp³-hybridized carbons (Fsp3) is 0.211. The number of halogens is 1. The van der Waals surface area contributed by atoms with Crippen molar-refractivity contribution in [2.75, 3.05) is 36.1 Å². The van der Waals surface area contributed by atoms with Gasteiger partial charge in [-0.1, -0.05) is 12.1 Å². The maximum atomic E-state index is 14.1. The number of carbonyl (C=O) groups is 3. The Labute approximate surface area is 159 Å². The van der Waals surface area contributed by atoms with Crippen LogP contribution in [0.5, 0.6) is 0 Å². The summed E-state index contributed by atoms with van der Waals surface area (Å²) in [7, 11) is 0. The topological polar surface area (TPSA) is 92.1 Å². The van der Waals surface area contributed by atoms with Crippen LogP contribution in [0.25, 0.3) is 6.08 Å². The van der Waals surface area contributed by atoms with Crippen molar-refractivity contribution >= 4 is 35.5 Å². The number of amides is 4. The fourth-order valence-electron chi connectivity index (χ4n) is 3.03. The summed E-state index contributed by atoms with van der Waals surface area (Å²) in [6.07, 6.45) is 1.24. The number of benzene rings is 1. The van der Waals surface area contributed by atoms with Crippen LogP contribution in [0.4, 0.5) is 20.8 Å². The molecule has 0 radical (unpaired) electrons. The summed E-state index contributed by atoms with van der Waals surface area (Å²) in [6.45, 7) is 2.49. The number of barbiturate groups is 1. The minimum atomic E-state index is -1.01. The van der Waals surface area contributed by atoms with Crippen LogP contribution in [0.15, 0.2) is 46.4 Å². The number of nitrogens with one attached hydrogen (secondary N) is 1. The van der Waals surface area contributed by atoms with Crippen LogP contribution in [-0.2, 0) is 14.3 Å². The molecule has 0 atom stereocenters. The summed E-state index contributed by atoms with van der Waals surface area (Å²) in [5.41, 5.74) is -0.567. The number of imide groups is 2. The van der Waals surface area contributed by atoms with Crippen LogP contribution in [0, 0.1) is 5.82 Å². The molecule has 0 spiro atoms. The van der Waals surface area contributed by atoms with E-state index in [2.05, 4.69) is 0 Å². The predicted octanol–water partition coefficient (Wildman–Crippen LogP) is 1.92. The highest BCUT2D eigenvalue weighted by molar-refractivity contribution is 6.39. The third kappa shape index (κ3) is 3.27. The minimum absolute atomic E-state index is 0.239. The minimum Gasteiger partial charge on any atom is -0.441 e. The smallest absolute Gasteiger partial charge is 0.336 e. The predicted molar refractivity (Wildman–Crippen MR) is 97.1 cm³/mol. The second-order valence-corrected chi connectivity index (χ2v) is 6.18. The van der Waals surface area contributed by atoms with Gasteiger partial charge in [-0.15, -0.1) is 0 Å². The number of carbonyl (C=O) groups excluding carboxylic acids is 3. The van der Waals surface area contributed by atoms with Crippen LogP contribution < -0.4 is 15.1 Å². The third-order valence-corrected chi connectivity index (χ3v) is 4.42. The van der Waals surface area contributed by atoms with Crippen molar-refractivity contribution in [1.29, 1.82) is 0 Å². The first-order valence-corrected chi connectivity index (χ1v) is 8.63. The van der Waals surface area contributed by atoms with Crippen molar-refractivity contribution in [3.63, 3.8) is 0 Å². The number of hydrogen-bond donors (Lipinski definition) is 1. The van der Waals surface area contributed by atoms with Crippen molar-refractivity contribution in [3.8, 4) is 0 Å². The van der Waals surface area contributed by atoms with E-state index < -0.39 is 23.7 Å². The molecule has 0 saturated carbocycles. The fourth-order valence-corrected chi connectivity index (χ4v) is 3.03. The van der Waals surface area contributed by atoms with Crippen molar-refractivity contribution in [1.82, 2.24) is 5.32 Å². The van der Waals surface area contributed by atoms with E-state index in [1.807, 2.05) is 10.2 Å². The van der Waals surface area contributed by atoms with Gasteiger partial charge in [-0.3, -0.25) is 14.9 Å². The summed E-state index contributed by atoms with van der Waals surface area (Å²) in [5, 5.41) is 2.05. The van der Waals surface area contributed by atoms with Crippen molar-refractivity contribution in [3.05, 3.63) is 53.5 Å². The summed E-state index contributed by atoms with van der Waals surface area (Å²) >= 11 is 0. The average molecular weight is 385 g/mol. The van der Waals surface area contributed by atoms with E-state index in [4.69, 9.17) is 9.15 Å². The molecule has 0 unspecified atom stereocenters. The van der Waals surface area contributed by atoms with Gasteiger partial charge >= 0.3 is 6.03 Å². The highest BCUT2D eigenvalue weighted by Crippen LogP contribution is 2.26. The Balaban J connectivity index is 1.64. The number of anilines is 2. The van der Waals surface area contributed by atoms with Crippen LogP contribution >= 0.6 is 0 Å². The molecule has 4 amide bonds. The van der Waals surface area contributed by atoms with Crippen molar-refractivity contribution in [2.24, 2.45) is 0 Å². The van der Waals surface area contributed by atoms with Crippen LogP contribution in [-0.4, -0.2) is 44.1 Å². The van der Waals surface area contributed by atoms with E-state index in [0.29, 0.717) is 37.1 Å². The van der Waals surface area contributed by atoms with Gasteiger partial charge in [0.15, 0.2) is 5.88 Å². The Bertz CT molecular complexity index is 977. The number of hydrogen-bond acceptors (Lipinski definition) is 6. The Morgan fingerprint density at radius 3 is 2.54 bits per heavy atom. The zero-order valence-corrected chi connectivity index (χ0v) is 14.7. The standard InChI is InChI=1S/C19H16FN3O5/c20-14-3-1-2-4-15(14)23-18(25)13(17(24)21-19(23)26)11-12-5-6-16(28-12)22-7-9-27-10-8-22/h1-6,11H,7-10H2,(H,21,24,26)/b13-11+. The molecule has 2 aliphatic heterocycles. The highest BCUT2D eigenvalue weighted by Gasteiger charge is 2.38. The molecule has 0 bridgehead atoms. The van der Waals surface area contributed by atoms with E-state index >= 15 is 0 Å². The molecule has 2 aromatic rings. The Morgan fingerprint density at radius 1 is 1.04 bits per heavy atom. The Morgan fingerprint density at radius 2 is 1.79 bits per heavy atom. The number of morpholine rings is 1. The highest BCUT2D eigenvalue weighted by atomic mass is 19.1. The normalized spacial score (nSPS) is 19.3. The molecular weight excluding hydrogens is 369 g/mol. The van der Waals surface area contributed by atoms with E-state index in [9.17, 15) is 18.8 Å². The van der Waals surface area contributed by atoms with Crippen LogP contribution in [0.1, 0.15) is 5.76 Å². The molecule has 2 fully saturated rings. The molecule has 1 N–H and O–H groups in total. The Kier molecular flexibility index (Phi) is 4.66. The first kappa shape index (κ1) is 17.9. The second-order valence-electron chi connectivity index (χ2n) is 6.18.